The molecule has 0 aliphatic carbocycles. The zero-order chi connectivity index (χ0) is 28.8. The standard InChI is InChI=1S/C16H19F3N2O2.C11H11F3N2/c1-15(2,3)23-14(22)21-6-4-11(5-7-21)12-8-13(10-20-9-12)16(17,18)19;12-11(13,14)10-5-9(6-16-7-10)8-1-3-15-4-2-8/h4,8-10H,5-7H2,1-3H3;1,5-7,15H,2-4H2. The number of alkyl halides is 6. The topological polar surface area (TPSA) is 67.3 Å². The molecule has 1 N–H and O–H groups in total. The highest BCUT2D eigenvalue weighted by molar-refractivity contribution is 5.72. The number of pyridine rings is 2. The summed E-state index contributed by atoms with van der Waals surface area (Å²) in [5, 5.41) is 3.11. The number of halogens is 6. The molecule has 2 aliphatic rings. The molecule has 0 radical (unpaired) electrons. The van der Waals surface area contributed by atoms with Gasteiger partial charge >= 0.3 is 18.4 Å². The van der Waals surface area contributed by atoms with Gasteiger partial charge in [0, 0.05) is 44.4 Å². The van der Waals surface area contributed by atoms with E-state index in [-0.39, 0.29) is 0 Å². The highest BCUT2D eigenvalue weighted by Gasteiger charge is 2.32. The second-order valence-corrected chi connectivity index (χ2v) is 10.0. The zero-order valence-electron chi connectivity index (χ0n) is 21.8. The summed E-state index contributed by atoms with van der Waals surface area (Å²) >= 11 is 0. The second-order valence-electron chi connectivity index (χ2n) is 10.0. The molecule has 12 heteroatoms. The van der Waals surface area contributed by atoms with E-state index in [2.05, 4.69) is 15.3 Å². The lowest BCUT2D eigenvalue weighted by Gasteiger charge is -2.29. The Bertz CT molecular complexity index is 1220. The summed E-state index contributed by atoms with van der Waals surface area (Å²) in [5.41, 5.74) is 0.641. The van der Waals surface area contributed by atoms with Crippen LogP contribution in [-0.4, -0.2) is 52.7 Å². The van der Waals surface area contributed by atoms with Crippen molar-refractivity contribution >= 4 is 17.2 Å². The van der Waals surface area contributed by atoms with Crippen molar-refractivity contribution in [3.8, 4) is 0 Å². The molecule has 0 unspecified atom stereocenters. The Balaban J connectivity index is 0.000000230. The van der Waals surface area contributed by atoms with Gasteiger partial charge in [-0.1, -0.05) is 12.2 Å². The summed E-state index contributed by atoms with van der Waals surface area (Å²) in [7, 11) is 0. The van der Waals surface area contributed by atoms with Crippen LogP contribution in [0.3, 0.4) is 0 Å². The van der Waals surface area contributed by atoms with Crippen LogP contribution >= 0.6 is 0 Å². The number of hydrogen-bond donors (Lipinski definition) is 1. The summed E-state index contributed by atoms with van der Waals surface area (Å²) in [6, 6.07) is 2.24. The molecule has 0 aromatic carbocycles. The van der Waals surface area contributed by atoms with Gasteiger partial charge in [-0.25, -0.2) is 4.79 Å². The van der Waals surface area contributed by atoms with Crippen LogP contribution in [0.2, 0.25) is 0 Å². The number of carbonyl (C=O) groups excluding carboxylic acids is 1. The molecular weight excluding hydrogens is 526 g/mol. The van der Waals surface area contributed by atoms with Crippen molar-refractivity contribution in [2.75, 3.05) is 26.2 Å². The summed E-state index contributed by atoms with van der Waals surface area (Å²) in [5.74, 6) is 0. The quantitative estimate of drug-likeness (QED) is 0.422. The van der Waals surface area contributed by atoms with Crippen LogP contribution in [0.4, 0.5) is 31.1 Å². The monoisotopic (exact) mass is 556 g/mol. The Morgan fingerprint density at radius 2 is 1.38 bits per heavy atom. The molecule has 0 spiro atoms. The van der Waals surface area contributed by atoms with E-state index in [9.17, 15) is 31.1 Å². The number of rotatable bonds is 2. The average molecular weight is 557 g/mol. The summed E-state index contributed by atoms with van der Waals surface area (Å²) in [6.45, 7) is 7.55. The fourth-order valence-corrected chi connectivity index (χ4v) is 3.85. The highest BCUT2D eigenvalue weighted by Crippen LogP contribution is 2.32. The van der Waals surface area contributed by atoms with E-state index in [1.165, 1.54) is 17.3 Å². The van der Waals surface area contributed by atoms with Gasteiger partial charge in [-0.15, -0.1) is 0 Å². The molecule has 0 fully saturated rings. The lowest BCUT2D eigenvalue weighted by Crippen LogP contribution is -2.39. The predicted molar refractivity (Wildman–Crippen MR) is 134 cm³/mol. The maximum atomic E-state index is 12.7. The molecule has 1 amide bonds. The second kappa shape index (κ2) is 12.2. The van der Waals surface area contributed by atoms with Gasteiger partial charge in [0.05, 0.1) is 11.1 Å². The Hall–Kier alpha value is -3.41. The van der Waals surface area contributed by atoms with Gasteiger partial charge in [0.2, 0.25) is 0 Å². The molecule has 2 aromatic heterocycles. The zero-order valence-corrected chi connectivity index (χ0v) is 21.8. The SMILES string of the molecule is CC(C)(C)OC(=O)N1CC=C(c2cncc(C(F)(F)F)c2)CC1.FC(F)(F)c1cncc(C2=CCNCC2)c1. The molecule has 2 aromatic rings. The Kier molecular flexibility index (Phi) is 9.42. The minimum atomic E-state index is -4.42. The molecule has 0 saturated carbocycles. The minimum Gasteiger partial charge on any atom is -0.444 e. The molecule has 2 aliphatic heterocycles. The van der Waals surface area contributed by atoms with Crippen molar-refractivity contribution in [3.05, 3.63) is 71.3 Å². The molecule has 0 saturated heterocycles. The molecule has 4 rings (SSSR count). The van der Waals surface area contributed by atoms with E-state index in [1.54, 1.807) is 26.8 Å². The van der Waals surface area contributed by atoms with Crippen LogP contribution in [0.15, 0.2) is 49.1 Å². The molecule has 4 heterocycles. The lowest BCUT2D eigenvalue weighted by atomic mass is 10.00. The Labute approximate surface area is 222 Å². The van der Waals surface area contributed by atoms with Gasteiger partial charge in [-0.05, 0) is 74.6 Å². The smallest absolute Gasteiger partial charge is 0.417 e. The van der Waals surface area contributed by atoms with Crippen LogP contribution in [0.25, 0.3) is 11.1 Å². The maximum absolute atomic E-state index is 12.7. The molecule has 212 valence electrons. The van der Waals surface area contributed by atoms with Crippen LogP contribution in [-0.2, 0) is 17.1 Å². The normalized spacial score (nSPS) is 16.5. The molecule has 0 atom stereocenters. The maximum Gasteiger partial charge on any atom is 0.417 e. The number of nitrogens with zero attached hydrogens (tertiary/aromatic N) is 3. The van der Waals surface area contributed by atoms with Gasteiger partial charge < -0.3 is 15.0 Å². The number of aromatic nitrogens is 2. The van der Waals surface area contributed by atoms with Gasteiger partial charge in [0.15, 0.2) is 0 Å². The van der Waals surface area contributed by atoms with Crippen LogP contribution < -0.4 is 5.32 Å². The summed E-state index contributed by atoms with van der Waals surface area (Å²) in [6.07, 6.45) is 0.227. The Morgan fingerprint density at radius 3 is 1.79 bits per heavy atom. The number of amides is 1. The first-order valence-electron chi connectivity index (χ1n) is 12.3. The van der Waals surface area contributed by atoms with Crippen LogP contribution in [0.5, 0.6) is 0 Å². The number of nitrogens with one attached hydrogen (secondary N) is 1. The largest absolute Gasteiger partial charge is 0.444 e. The summed E-state index contributed by atoms with van der Waals surface area (Å²) in [4.78, 5) is 20.8. The van der Waals surface area contributed by atoms with Crippen molar-refractivity contribution in [1.29, 1.82) is 0 Å². The van der Waals surface area contributed by atoms with Crippen molar-refractivity contribution in [1.82, 2.24) is 20.2 Å². The Morgan fingerprint density at radius 1 is 0.846 bits per heavy atom. The van der Waals surface area contributed by atoms with E-state index in [0.717, 1.165) is 48.6 Å². The van der Waals surface area contributed by atoms with Gasteiger partial charge in [0.25, 0.3) is 0 Å². The van der Waals surface area contributed by atoms with Crippen molar-refractivity contribution < 1.29 is 35.9 Å². The van der Waals surface area contributed by atoms with E-state index in [0.29, 0.717) is 37.2 Å². The first-order valence-corrected chi connectivity index (χ1v) is 12.3. The highest BCUT2D eigenvalue weighted by atomic mass is 19.4. The van der Waals surface area contributed by atoms with Gasteiger partial charge in [-0.3, -0.25) is 9.97 Å². The minimum absolute atomic E-state index is 0.306. The number of ether oxygens (including phenoxy) is 1. The van der Waals surface area contributed by atoms with Crippen molar-refractivity contribution in [2.24, 2.45) is 0 Å². The van der Waals surface area contributed by atoms with Crippen LogP contribution in [0.1, 0.15) is 55.9 Å². The third-order valence-electron chi connectivity index (χ3n) is 5.80. The number of hydrogen-bond acceptors (Lipinski definition) is 5. The summed E-state index contributed by atoms with van der Waals surface area (Å²) < 4.78 is 80.9. The lowest BCUT2D eigenvalue weighted by molar-refractivity contribution is -0.138. The molecule has 0 bridgehead atoms. The molecule has 6 nitrogen and oxygen atoms in total. The van der Waals surface area contributed by atoms with E-state index in [1.807, 2.05) is 6.08 Å². The molecule has 39 heavy (non-hydrogen) atoms. The van der Waals surface area contributed by atoms with E-state index in [4.69, 9.17) is 4.74 Å². The molecular formula is C27H30F6N4O2. The average Bonchev–Trinajstić information content (AvgIpc) is 2.88. The van der Waals surface area contributed by atoms with E-state index >= 15 is 0 Å². The van der Waals surface area contributed by atoms with Gasteiger partial charge in [-0.2, -0.15) is 26.3 Å². The number of carbonyl (C=O) groups is 1. The predicted octanol–water partition coefficient (Wildman–Crippen LogP) is 6.60. The van der Waals surface area contributed by atoms with Crippen molar-refractivity contribution in [3.63, 3.8) is 0 Å². The van der Waals surface area contributed by atoms with E-state index < -0.39 is 35.2 Å². The first-order chi connectivity index (χ1) is 18.1. The third kappa shape index (κ3) is 9.09. The van der Waals surface area contributed by atoms with Crippen molar-refractivity contribution in [2.45, 2.75) is 51.6 Å². The van der Waals surface area contributed by atoms with Crippen LogP contribution in [0, 0.1) is 0 Å². The fourth-order valence-electron chi connectivity index (χ4n) is 3.85. The first kappa shape index (κ1) is 30.1. The van der Waals surface area contributed by atoms with Gasteiger partial charge in [0.1, 0.15) is 5.60 Å². The third-order valence-corrected chi connectivity index (χ3v) is 5.80. The fraction of sp³-hybridized carbons (Fsp3) is 0.444.